The van der Waals surface area contributed by atoms with Crippen molar-refractivity contribution >= 4 is 34.9 Å². The summed E-state index contributed by atoms with van der Waals surface area (Å²) in [5.74, 6) is -1.76. The van der Waals surface area contributed by atoms with Crippen molar-refractivity contribution in [2.24, 2.45) is 5.10 Å². The second-order valence-corrected chi connectivity index (χ2v) is 3.67. The highest BCUT2D eigenvalue weighted by Gasteiger charge is 2.23. The number of hydrogen-bond acceptors (Lipinski definition) is 6. The Morgan fingerprint density at radius 2 is 2.00 bits per heavy atom. The second kappa shape index (κ2) is 7.38. The topological polar surface area (TPSA) is 77.0 Å². The van der Waals surface area contributed by atoms with Crippen LogP contribution in [0.25, 0.3) is 0 Å². The van der Waals surface area contributed by atoms with Gasteiger partial charge >= 0.3 is 11.9 Å². The smallest absolute Gasteiger partial charge is 0.366 e. The quantitative estimate of drug-likeness (QED) is 0.386. The van der Waals surface area contributed by atoms with Gasteiger partial charge in [-0.15, -0.1) is 0 Å². The Labute approximate surface area is 115 Å². The van der Waals surface area contributed by atoms with Crippen LogP contribution in [0.5, 0.6) is 0 Å². The van der Waals surface area contributed by atoms with Crippen molar-refractivity contribution in [1.82, 2.24) is 0 Å². The number of halogens is 1. The first-order valence-corrected chi connectivity index (χ1v) is 5.81. The third-order valence-electron chi connectivity index (χ3n) is 2.01. The molecule has 0 saturated carbocycles. The summed E-state index contributed by atoms with van der Waals surface area (Å²) in [4.78, 5) is 22.9. The minimum atomic E-state index is -0.891. The number of nitrogens with zero attached hydrogens (tertiary/aromatic N) is 1. The van der Waals surface area contributed by atoms with E-state index < -0.39 is 17.7 Å². The molecule has 0 unspecified atom stereocenters. The minimum absolute atomic E-state index is 0.126. The van der Waals surface area contributed by atoms with E-state index in [0.29, 0.717) is 10.7 Å². The van der Waals surface area contributed by atoms with Crippen molar-refractivity contribution in [2.45, 2.75) is 6.92 Å². The molecule has 0 atom stereocenters. The SMILES string of the molecule is CCOC(=O)/C(=N\Nc1ccccc1Cl)C(=O)OC. The summed E-state index contributed by atoms with van der Waals surface area (Å²) in [7, 11) is 1.15. The molecule has 0 spiro atoms. The molecule has 0 aliphatic heterocycles. The molecular weight excluding hydrogens is 272 g/mol. The largest absolute Gasteiger partial charge is 0.464 e. The van der Waals surface area contributed by atoms with Crippen molar-refractivity contribution in [1.29, 1.82) is 0 Å². The fourth-order valence-corrected chi connectivity index (χ4v) is 1.32. The van der Waals surface area contributed by atoms with E-state index in [9.17, 15) is 9.59 Å². The molecule has 102 valence electrons. The summed E-state index contributed by atoms with van der Waals surface area (Å²) < 4.78 is 9.16. The van der Waals surface area contributed by atoms with Crippen LogP contribution in [-0.2, 0) is 19.1 Å². The fraction of sp³-hybridized carbons (Fsp3) is 0.250. The molecule has 6 nitrogen and oxygen atoms in total. The van der Waals surface area contributed by atoms with Gasteiger partial charge in [0.1, 0.15) is 0 Å². The Morgan fingerprint density at radius 1 is 1.32 bits per heavy atom. The maximum absolute atomic E-state index is 11.5. The normalized spacial score (nSPS) is 10.8. The highest BCUT2D eigenvalue weighted by Crippen LogP contribution is 2.20. The van der Waals surface area contributed by atoms with Gasteiger partial charge in [0.2, 0.25) is 0 Å². The molecule has 1 aromatic rings. The number of hydrazone groups is 1. The summed E-state index contributed by atoms with van der Waals surface area (Å²) in [5.41, 5.74) is 2.49. The monoisotopic (exact) mass is 284 g/mol. The molecule has 1 rings (SSSR count). The summed E-state index contributed by atoms with van der Waals surface area (Å²) in [5, 5.41) is 4.08. The van der Waals surface area contributed by atoms with Crippen LogP contribution in [0.15, 0.2) is 29.4 Å². The van der Waals surface area contributed by atoms with Crippen LogP contribution < -0.4 is 5.43 Å². The predicted octanol–water partition coefficient (Wildman–Crippen LogP) is 1.84. The third kappa shape index (κ3) is 4.26. The summed E-state index contributed by atoms with van der Waals surface area (Å²) in [6.45, 7) is 1.75. The second-order valence-electron chi connectivity index (χ2n) is 3.26. The van der Waals surface area contributed by atoms with Gasteiger partial charge in [-0.2, -0.15) is 5.10 Å². The zero-order valence-corrected chi connectivity index (χ0v) is 11.2. The van der Waals surface area contributed by atoms with Crippen LogP contribution in [0.1, 0.15) is 6.92 Å². The van der Waals surface area contributed by atoms with Gasteiger partial charge in [-0.25, -0.2) is 9.59 Å². The number of anilines is 1. The highest BCUT2D eigenvalue weighted by atomic mass is 35.5. The average molecular weight is 285 g/mol. The maximum Gasteiger partial charge on any atom is 0.366 e. The van der Waals surface area contributed by atoms with Gasteiger partial charge in [0.25, 0.3) is 5.71 Å². The van der Waals surface area contributed by atoms with Gasteiger partial charge in [0.05, 0.1) is 24.4 Å². The van der Waals surface area contributed by atoms with Gasteiger partial charge in [0, 0.05) is 0 Å². The third-order valence-corrected chi connectivity index (χ3v) is 2.34. The van der Waals surface area contributed by atoms with Crippen LogP contribution in [0.3, 0.4) is 0 Å². The van der Waals surface area contributed by atoms with Crippen LogP contribution in [0.4, 0.5) is 5.69 Å². The van der Waals surface area contributed by atoms with E-state index in [4.69, 9.17) is 16.3 Å². The molecule has 0 saturated heterocycles. The van der Waals surface area contributed by atoms with E-state index in [1.54, 1.807) is 31.2 Å². The molecule has 7 heteroatoms. The van der Waals surface area contributed by atoms with Crippen LogP contribution >= 0.6 is 11.6 Å². The average Bonchev–Trinajstić information content (AvgIpc) is 2.41. The number of ether oxygens (including phenoxy) is 2. The van der Waals surface area contributed by atoms with E-state index in [-0.39, 0.29) is 6.61 Å². The van der Waals surface area contributed by atoms with Gasteiger partial charge in [-0.05, 0) is 19.1 Å². The lowest BCUT2D eigenvalue weighted by molar-refractivity contribution is -0.139. The molecule has 0 aromatic heterocycles. The molecule has 0 fully saturated rings. The predicted molar refractivity (Wildman–Crippen MR) is 71.2 cm³/mol. The number of nitrogens with one attached hydrogen (secondary N) is 1. The molecule has 0 radical (unpaired) electrons. The molecule has 0 amide bonds. The van der Waals surface area contributed by atoms with E-state index in [1.165, 1.54) is 0 Å². The van der Waals surface area contributed by atoms with E-state index in [1.807, 2.05) is 0 Å². The van der Waals surface area contributed by atoms with E-state index >= 15 is 0 Å². The fourth-order valence-electron chi connectivity index (χ4n) is 1.14. The lowest BCUT2D eigenvalue weighted by atomic mass is 10.3. The van der Waals surface area contributed by atoms with Gasteiger partial charge in [0.15, 0.2) is 0 Å². The number of esters is 2. The van der Waals surface area contributed by atoms with E-state index in [0.717, 1.165) is 7.11 Å². The first-order valence-electron chi connectivity index (χ1n) is 5.43. The Kier molecular flexibility index (Phi) is 5.81. The lowest BCUT2D eigenvalue weighted by Crippen LogP contribution is -2.28. The molecule has 0 bridgehead atoms. The van der Waals surface area contributed by atoms with Gasteiger partial charge < -0.3 is 9.47 Å². The number of rotatable bonds is 5. The molecule has 19 heavy (non-hydrogen) atoms. The molecule has 0 heterocycles. The maximum atomic E-state index is 11.5. The summed E-state index contributed by atoms with van der Waals surface area (Å²) in [6.07, 6.45) is 0. The summed E-state index contributed by atoms with van der Waals surface area (Å²) >= 11 is 5.90. The number of carbonyl (C=O) groups is 2. The minimum Gasteiger partial charge on any atom is -0.464 e. The van der Waals surface area contributed by atoms with Crippen molar-refractivity contribution in [3.63, 3.8) is 0 Å². The Morgan fingerprint density at radius 3 is 2.58 bits per heavy atom. The molecular formula is C12H13ClN2O4. The van der Waals surface area contributed by atoms with Gasteiger partial charge in [-0.3, -0.25) is 5.43 Å². The zero-order valence-electron chi connectivity index (χ0n) is 10.5. The molecule has 0 aliphatic carbocycles. The Bertz CT molecular complexity index is 502. The number of hydrogen-bond donors (Lipinski definition) is 1. The number of para-hydroxylation sites is 1. The first kappa shape index (κ1) is 15.0. The van der Waals surface area contributed by atoms with Crippen LogP contribution in [-0.4, -0.2) is 31.4 Å². The number of benzene rings is 1. The zero-order chi connectivity index (χ0) is 14.3. The van der Waals surface area contributed by atoms with E-state index in [2.05, 4.69) is 15.3 Å². The van der Waals surface area contributed by atoms with Crippen molar-refractivity contribution < 1.29 is 19.1 Å². The van der Waals surface area contributed by atoms with Crippen LogP contribution in [0, 0.1) is 0 Å². The number of methoxy groups -OCH3 is 1. The molecule has 1 N–H and O–H groups in total. The van der Waals surface area contributed by atoms with Crippen molar-refractivity contribution in [2.75, 3.05) is 19.1 Å². The first-order chi connectivity index (χ1) is 9.10. The standard InChI is InChI=1S/C12H13ClN2O4/c1-3-19-12(17)10(11(16)18-2)15-14-9-7-5-4-6-8(9)13/h4-7,14H,3H2,1-2H3/b15-10-. The summed E-state index contributed by atoms with van der Waals surface area (Å²) in [6, 6.07) is 6.75. The molecule has 1 aromatic carbocycles. The number of carbonyl (C=O) groups excluding carboxylic acids is 2. The highest BCUT2D eigenvalue weighted by molar-refractivity contribution is 6.62. The Hall–Kier alpha value is -2.08. The van der Waals surface area contributed by atoms with Crippen molar-refractivity contribution in [3.05, 3.63) is 29.3 Å². The van der Waals surface area contributed by atoms with Crippen LogP contribution in [0.2, 0.25) is 5.02 Å². The van der Waals surface area contributed by atoms with Gasteiger partial charge in [-0.1, -0.05) is 23.7 Å². The Balaban J connectivity index is 2.92. The molecule has 0 aliphatic rings. The lowest BCUT2D eigenvalue weighted by Gasteiger charge is -2.06. The van der Waals surface area contributed by atoms with Crippen molar-refractivity contribution in [3.8, 4) is 0 Å².